The molecule has 0 saturated carbocycles. The van der Waals surface area contributed by atoms with Crippen LogP contribution in [0.3, 0.4) is 0 Å². The number of rotatable bonds is 5. The SMILES string of the molecule is Cc1cc(NC(=O)/C=C/c2ccc([N+](=O)[O-])cc2)n(C2NC(=O)CC(C)N2)n1. The number of aromatic nitrogens is 2. The van der Waals surface area contributed by atoms with Crippen LogP contribution in [0.4, 0.5) is 11.5 Å². The molecule has 2 unspecified atom stereocenters. The molecule has 3 N–H and O–H groups in total. The number of non-ortho nitro benzene ring substituents is 1. The van der Waals surface area contributed by atoms with Crippen molar-refractivity contribution in [2.45, 2.75) is 32.6 Å². The summed E-state index contributed by atoms with van der Waals surface area (Å²) >= 11 is 0. The average molecular weight is 384 g/mol. The van der Waals surface area contributed by atoms with Crippen molar-refractivity contribution in [2.75, 3.05) is 5.32 Å². The maximum Gasteiger partial charge on any atom is 0.269 e. The van der Waals surface area contributed by atoms with Gasteiger partial charge in [-0.2, -0.15) is 5.10 Å². The zero-order valence-corrected chi connectivity index (χ0v) is 15.4. The average Bonchev–Trinajstić information content (AvgIpc) is 2.99. The Morgan fingerprint density at radius 3 is 2.75 bits per heavy atom. The maximum absolute atomic E-state index is 12.3. The molecular formula is C18H20N6O4. The Balaban J connectivity index is 1.70. The summed E-state index contributed by atoms with van der Waals surface area (Å²) in [6, 6.07) is 7.53. The van der Waals surface area contributed by atoms with Crippen LogP contribution in [-0.4, -0.2) is 32.6 Å². The third-order valence-electron chi connectivity index (χ3n) is 4.12. The Hall–Kier alpha value is -3.53. The van der Waals surface area contributed by atoms with Gasteiger partial charge in [0.2, 0.25) is 11.8 Å². The summed E-state index contributed by atoms with van der Waals surface area (Å²) in [5.41, 5.74) is 1.32. The van der Waals surface area contributed by atoms with Crippen LogP contribution in [0.5, 0.6) is 0 Å². The first-order valence-corrected chi connectivity index (χ1v) is 8.67. The highest BCUT2D eigenvalue weighted by Crippen LogP contribution is 2.17. The second-order valence-corrected chi connectivity index (χ2v) is 6.53. The molecule has 0 bridgehead atoms. The van der Waals surface area contributed by atoms with E-state index in [1.165, 1.54) is 22.9 Å². The first kappa shape index (κ1) is 19.2. The lowest BCUT2D eigenvalue weighted by Crippen LogP contribution is -2.52. The molecule has 1 aromatic carbocycles. The molecule has 2 aromatic rings. The van der Waals surface area contributed by atoms with Gasteiger partial charge in [-0.3, -0.25) is 25.0 Å². The Labute approximate surface area is 160 Å². The minimum Gasteiger partial charge on any atom is -0.322 e. The van der Waals surface area contributed by atoms with Crippen molar-refractivity contribution in [3.63, 3.8) is 0 Å². The van der Waals surface area contributed by atoms with Gasteiger partial charge in [0.1, 0.15) is 5.82 Å². The number of nitrogens with one attached hydrogen (secondary N) is 3. The highest BCUT2D eigenvalue weighted by molar-refractivity contribution is 6.01. The Bertz CT molecular complexity index is 934. The lowest BCUT2D eigenvalue weighted by molar-refractivity contribution is -0.384. The number of nitro groups is 1. The Kier molecular flexibility index (Phi) is 5.50. The van der Waals surface area contributed by atoms with E-state index in [0.717, 1.165) is 0 Å². The molecule has 3 rings (SSSR count). The van der Waals surface area contributed by atoms with Crippen molar-refractivity contribution in [1.29, 1.82) is 0 Å². The monoisotopic (exact) mass is 384 g/mol. The number of hydrogen-bond donors (Lipinski definition) is 3. The van der Waals surface area contributed by atoms with Gasteiger partial charge < -0.3 is 10.6 Å². The summed E-state index contributed by atoms with van der Waals surface area (Å²) in [5, 5.41) is 23.7. The largest absolute Gasteiger partial charge is 0.322 e. The van der Waals surface area contributed by atoms with E-state index in [1.54, 1.807) is 31.2 Å². The molecule has 2 heterocycles. The molecular weight excluding hydrogens is 364 g/mol. The van der Waals surface area contributed by atoms with Gasteiger partial charge in [-0.1, -0.05) is 0 Å². The number of carbonyl (C=O) groups excluding carboxylic acids is 2. The van der Waals surface area contributed by atoms with Gasteiger partial charge >= 0.3 is 0 Å². The molecule has 146 valence electrons. The van der Waals surface area contributed by atoms with Crippen molar-refractivity contribution in [2.24, 2.45) is 0 Å². The van der Waals surface area contributed by atoms with Crippen LogP contribution in [-0.2, 0) is 9.59 Å². The molecule has 0 radical (unpaired) electrons. The van der Waals surface area contributed by atoms with Crippen molar-refractivity contribution in [1.82, 2.24) is 20.4 Å². The summed E-state index contributed by atoms with van der Waals surface area (Å²) in [6.45, 7) is 3.68. The van der Waals surface area contributed by atoms with Gasteiger partial charge in [0.05, 0.1) is 10.6 Å². The zero-order valence-electron chi connectivity index (χ0n) is 15.4. The van der Waals surface area contributed by atoms with E-state index in [9.17, 15) is 19.7 Å². The second kappa shape index (κ2) is 8.01. The lowest BCUT2D eigenvalue weighted by Gasteiger charge is -2.30. The second-order valence-electron chi connectivity index (χ2n) is 6.53. The van der Waals surface area contributed by atoms with E-state index in [0.29, 0.717) is 23.5 Å². The predicted molar refractivity (Wildman–Crippen MR) is 102 cm³/mol. The van der Waals surface area contributed by atoms with Crippen molar-refractivity contribution in [3.8, 4) is 0 Å². The number of nitrogens with zero attached hydrogens (tertiary/aromatic N) is 3. The van der Waals surface area contributed by atoms with E-state index in [4.69, 9.17) is 0 Å². The topological polar surface area (TPSA) is 131 Å². The van der Waals surface area contributed by atoms with Crippen LogP contribution in [0.25, 0.3) is 6.08 Å². The van der Waals surface area contributed by atoms with Crippen LogP contribution in [0, 0.1) is 17.0 Å². The molecule has 0 spiro atoms. The fourth-order valence-corrected chi connectivity index (χ4v) is 2.85. The number of anilines is 1. The Morgan fingerprint density at radius 2 is 2.11 bits per heavy atom. The molecule has 1 aromatic heterocycles. The molecule has 1 aliphatic rings. The van der Waals surface area contributed by atoms with Crippen molar-refractivity contribution >= 4 is 29.4 Å². The number of amides is 2. The van der Waals surface area contributed by atoms with Gasteiger partial charge in [-0.05, 0) is 37.6 Å². The molecule has 2 atom stereocenters. The number of hydrogen-bond acceptors (Lipinski definition) is 6. The van der Waals surface area contributed by atoms with Gasteiger partial charge in [0.25, 0.3) is 5.69 Å². The van der Waals surface area contributed by atoms with Crippen LogP contribution in [0.15, 0.2) is 36.4 Å². The highest BCUT2D eigenvalue weighted by atomic mass is 16.6. The third-order valence-corrected chi connectivity index (χ3v) is 4.12. The van der Waals surface area contributed by atoms with E-state index in [2.05, 4.69) is 21.0 Å². The summed E-state index contributed by atoms with van der Waals surface area (Å²) in [6.07, 6.45) is 2.69. The van der Waals surface area contributed by atoms with Crippen LogP contribution in [0.1, 0.15) is 30.9 Å². The molecule has 10 heteroatoms. The molecule has 0 aliphatic carbocycles. The van der Waals surface area contributed by atoms with Gasteiger partial charge in [0.15, 0.2) is 6.29 Å². The predicted octanol–water partition coefficient (Wildman–Crippen LogP) is 1.71. The minimum atomic E-state index is -0.557. The van der Waals surface area contributed by atoms with E-state index in [1.807, 2.05) is 6.92 Å². The minimum absolute atomic E-state index is 0.0164. The van der Waals surface area contributed by atoms with Crippen LogP contribution >= 0.6 is 0 Å². The van der Waals surface area contributed by atoms with Gasteiger partial charge in [-0.25, -0.2) is 4.68 Å². The third kappa shape index (κ3) is 4.60. The summed E-state index contributed by atoms with van der Waals surface area (Å²) < 4.78 is 1.51. The molecule has 10 nitrogen and oxygen atoms in total. The fourth-order valence-electron chi connectivity index (χ4n) is 2.85. The molecule has 28 heavy (non-hydrogen) atoms. The molecule has 1 aliphatic heterocycles. The number of aryl methyl sites for hydroxylation is 1. The van der Waals surface area contributed by atoms with E-state index in [-0.39, 0.29) is 17.6 Å². The smallest absolute Gasteiger partial charge is 0.269 e. The summed E-state index contributed by atoms with van der Waals surface area (Å²) in [7, 11) is 0. The van der Waals surface area contributed by atoms with Crippen molar-refractivity contribution < 1.29 is 14.5 Å². The molecule has 1 fully saturated rings. The van der Waals surface area contributed by atoms with Gasteiger partial charge in [0, 0.05) is 36.7 Å². The Morgan fingerprint density at radius 1 is 1.39 bits per heavy atom. The zero-order chi connectivity index (χ0) is 20.3. The highest BCUT2D eigenvalue weighted by Gasteiger charge is 2.26. The quantitative estimate of drug-likeness (QED) is 0.408. The first-order chi connectivity index (χ1) is 13.3. The van der Waals surface area contributed by atoms with Crippen LogP contribution < -0.4 is 16.0 Å². The fraction of sp³-hybridized carbons (Fsp3) is 0.278. The van der Waals surface area contributed by atoms with E-state index >= 15 is 0 Å². The van der Waals surface area contributed by atoms with Gasteiger partial charge in [-0.15, -0.1) is 0 Å². The first-order valence-electron chi connectivity index (χ1n) is 8.67. The molecule has 1 saturated heterocycles. The number of nitro benzene ring substituents is 1. The lowest BCUT2D eigenvalue weighted by atomic mass is 10.2. The summed E-state index contributed by atoms with van der Waals surface area (Å²) in [5.74, 6) is -0.0582. The van der Waals surface area contributed by atoms with E-state index < -0.39 is 17.1 Å². The molecule has 2 amide bonds. The van der Waals surface area contributed by atoms with Crippen molar-refractivity contribution in [3.05, 3.63) is 57.8 Å². The number of carbonyl (C=O) groups is 2. The summed E-state index contributed by atoms with van der Waals surface area (Å²) in [4.78, 5) is 34.3. The standard InChI is InChI=1S/C18H20N6O4/c1-11-10-17(26)21-18(19-11)23-15(9-12(2)22-23)20-16(25)8-5-13-3-6-14(7-4-13)24(27)28/h3-9,11,18-19H,10H2,1-2H3,(H,20,25)(H,21,26)/b8-5+. The van der Waals surface area contributed by atoms with Crippen LogP contribution in [0.2, 0.25) is 0 Å². The maximum atomic E-state index is 12.3. The normalized spacial score (nSPS) is 19.4. The number of benzene rings is 1.